The van der Waals surface area contributed by atoms with Gasteiger partial charge in [0.1, 0.15) is 0 Å². The van der Waals surface area contributed by atoms with Crippen LogP contribution in [-0.2, 0) is 0 Å². The molecule has 2 aliphatic rings. The van der Waals surface area contributed by atoms with E-state index in [9.17, 15) is 4.79 Å². The van der Waals surface area contributed by atoms with E-state index in [0.717, 1.165) is 17.3 Å². The molecule has 4 nitrogen and oxygen atoms in total. The number of hydrogen-bond donors (Lipinski definition) is 2. The number of carbonyl (C=O) groups excluding carboxylic acids is 1. The molecule has 4 rings (SSSR count). The molecular formula is C18H22ClN3O. The molecule has 0 unspecified atom stereocenters. The summed E-state index contributed by atoms with van der Waals surface area (Å²) in [7, 11) is 0. The number of aromatic nitrogens is 1. The van der Waals surface area contributed by atoms with Crippen molar-refractivity contribution in [2.24, 2.45) is 0 Å². The van der Waals surface area contributed by atoms with Gasteiger partial charge in [-0.05, 0) is 63.4 Å². The summed E-state index contributed by atoms with van der Waals surface area (Å²) in [6, 6.07) is 5.64. The highest BCUT2D eigenvalue weighted by atomic mass is 35.5. The average molecular weight is 332 g/mol. The van der Waals surface area contributed by atoms with E-state index in [1.807, 2.05) is 24.4 Å². The average Bonchev–Trinajstić information content (AvgIpc) is 3.20. The van der Waals surface area contributed by atoms with Crippen molar-refractivity contribution in [1.29, 1.82) is 0 Å². The van der Waals surface area contributed by atoms with Crippen LogP contribution in [0.15, 0.2) is 24.4 Å². The highest BCUT2D eigenvalue weighted by Crippen LogP contribution is 2.40. The highest BCUT2D eigenvalue weighted by molar-refractivity contribution is 6.34. The van der Waals surface area contributed by atoms with E-state index < -0.39 is 0 Å². The van der Waals surface area contributed by atoms with Crippen molar-refractivity contribution < 1.29 is 4.79 Å². The van der Waals surface area contributed by atoms with Gasteiger partial charge < -0.3 is 10.3 Å². The summed E-state index contributed by atoms with van der Waals surface area (Å²) in [5.74, 6) is -0.0783. The fourth-order valence-electron chi connectivity index (χ4n) is 4.38. The molecule has 1 aromatic carbocycles. The molecule has 0 aliphatic carbocycles. The van der Waals surface area contributed by atoms with Gasteiger partial charge in [0.2, 0.25) is 0 Å². The molecule has 1 aromatic heterocycles. The fourth-order valence-corrected chi connectivity index (χ4v) is 4.64. The van der Waals surface area contributed by atoms with Crippen molar-refractivity contribution in [1.82, 2.24) is 15.2 Å². The Balaban J connectivity index is 1.42. The van der Waals surface area contributed by atoms with Crippen molar-refractivity contribution in [3.8, 4) is 0 Å². The number of carbonyl (C=O) groups is 1. The van der Waals surface area contributed by atoms with Crippen molar-refractivity contribution in [3.05, 3.63) is 35.0 Å². The predicted octanol–water partition coefficient (Wildman–Crippen LogP) is 3.57. The normalized spacial score (nSPS) is 20.0. The van der Waals surface area contributed by atoms with E-state index in [2.05, 4.69) is 15.2 Å². The summed E-state index contributed by atoms with van der Waals surface area (Å²) < 4.78 is 0. The number of fused-ring (bicyclic) bond motifs is 2. The van der Waals surface area contributed by atoms with Crippen molar-refractivity contribution in [2.45, 2.75) is 37.6 Å². The number of nitrogens with one attached hydrogen (secondary N) is 2. The van der Waals surface area contributed by atoms with E-state index in [1.165, 1.54) is 38.8 Å². The van der Waals surface area contributed by atoms with Crippen LogP contribution in [0, 0.1) is 0 Å². The van der Waals surface area contributed by atoms with Gasteiger partial charge in [-0.2, -0.15) is 0 Å². The minimum Gasteiger partial charge on any atom is -0.361 e. The van der Waals surface area contributed by atoms with Crippen LogP contribution >= 0.6 is 11.6 Å². The molecule has 0 spiro atoms. The van der Waals surface area contributed by atoms with Gasteiger partial charge in [-0.25, -0.2) is 0 Å². The summed E-state index contributed by atoms with van der Waals surface area (Å²) in [4.78, 5) is 18.2. The van der Waals surface area contributed by atoms with Crippen LogP contribution in [0.2, 0.25) is 5.02 Å². The van der Waals surface area contributed by atoms with Gasteiger partial charge in [-0.15, -0.1) is 0 Å². The van der Waals surface area contributed by atoms with Crippen LogP contribution in [-0.4, -0.2) is 41.0 Å². The molecule has 2 aliphatic heterocycles. The SMILES string of the molecule is O=C(NCCC12CCCN1CCC2)c1cc2[nH]ccc2cc1Cl. The van der Waals surface area contributed by atoms with E-state index in [1.54, 1.807) is 0 Å². The molecule has 0 radical (unpaired) electrons. The van der Waals surface area contributed by atoms with Crippen LogP contribution in [0.4, 0.5) is 0 Å². The minimum atomic E-state index is -0.0783. The number of halogens is 1. The van der Waals surface area contributed by atoms with E-state index in [4.69, 9.17) is 11.6 Å². The van der Waals surface area contributed by atoms with Gasteiger partial charge in [0.05, 0.1) is 10.6 Å². The lowest BCUT2D eigenvalue weighted by Crippen LogP contribution is -2.41. The number of benzene rings is 1. The fraction of sp³-hybridized carbons (Fsp3) is 0.500. The lowest BCUT2D eigenvalue weighted by molar-refractivity contribution is 0.0943. The molecule has 3 heterocycles. The standard InChI is InChI=1S/C18H22ClN3O/c19-15-11-13-3-7-20-16(13)12-14(15)17(23)21-8-6-18-4-1-9-22(18)10-2-5-18/h3,7,11-12,20H,1-2,4-6,8-10H2,(H,21,23). The monoisotopic (exact) mass is 331 g/mol. The minimum absolute atomic E-state index is 0.0783. The van der Waals surface area contributed by atoms with Gasteiger partial charge in [0.15, 0.2) is 0 Å². The van der Waals surface area contributed by atoms with E-state index >= 15 is 0 Å². The first-order chi connectivity index (χ1) is 11.2. The smallest absolute Gasteiger partial charge is 0.252 e. The van der Waals surface area contributed by atoms with Gasteiger partial charge in [0.25, 0.3) is 5.91 Å². The third-order valence-corrected chi connectivity index (χ3v) is 5.89. The van der Waals surface area contributed by atoms with Crippen molar-refractivity contribution in [2.75, 3.05) is 19.6 Å². The van der Waals surface area contributed by atoms with Crippen molar-refractivity contribution in [3.63, 3.8) is 0 Å². The second kappa shape index (κ2) is 5.84. The maximum absolute atomic E-state index is 12.5. The van der Waals surface area contributed by atoms with Crippen LogP contribution in [0.5, 0.6) is 0 Å². The van der Waals surface area contributed by atoms with Gasteiger partial charge in [-0.3, -0.25) is 9.69 Å². The molecule has 2 aromatic rings. The van der Waals surface area contributed by atoms with Crippen molar-refractivity contribution >= 4 is 28.4 Å². The molecule has 2 N–H and O–H groups in total. The lowest BCUT2D eigenvalue weighted by Gasteiger charge is -2.32. The van der Waals surface area contributed by atoms with Gasteiger partial charge in [0, 0.05) is 29.2 Å². The molecule has 5 heteroatoms. The molecule has 1 amide bonds. The Hall–Kier alpha value is -1.52. The quantitative estimate of drug-likeness (QED) is 0.899. The summed E-state index contributed by atoms with van der Waals surface area (Å²) in [6.45, 7) is 3.17. The zero-order valence-corrected chi connectivity index (χ0v) is 14.0. The second-order valence-corrected chi connectivity index (χ2v) is 7.23. The van der Waals surface area contributed by atoms with Gasteiger partial charge >= 0.3 is 0 Å². The van der Waals surface area contributed by atoms with Crippen LogP contribution in [0.3, 0.4) is 0 Å². The molecular weight excluding hydrogens is 310 g/mol. The van der Waals surface area contributed by atoms with Crippen LogP contribution in [0.25, 0.3) is 10.9 Å². The molecule has 0 atom stereocenters. The number of rotatable bonds is 4. The zero-order chi connectivity index (χ0) is 15.9. The highest BCUT2D eigenvalue weighted by Gasteiger charge is 2.43. The third-order valence-electron chi connectivity index (χ3n) is 5.57. The molecule has 23 heavy (non-hydrogen) atoms. The van der Waals surface area contributed by atoms with E-state index in [-0.39, 0.29) is 5.91 Å². The lowest BCUT2D eigenvalue weighted by atomic mass is 9.90. The summed E-state index contributed by atoms with van der Waals surface area (Å²) in [5, 5.41) is 4.60. The largest absolute Gasteiger partial charge is 0.361 e. The Labute approximate surface area is 141 Å². The van der Waals surface area contributed by atoms with Gasteiger partial charge in [-0.1, -0.05) is 11.6 Å². The predicted molar refractivity (Wildman–Crippen MR) is 93.0 cm³/mol. The maximum atomic E-state index is 12.5. The number of H-pyrrole nitrogens is 1. The Morgan fingerprint density at radius 2 is 2.09 bits per heavy atom. The summed E-state index contributed by atoms with van der Waals surface area (Å²) in [5.41, 5.74) is 1.84. The Kier molecular flexibility index (Phi) is 3.82. The van der Waals surface area contributed by atoms with E-state index in [0.29, 0.717) is 22.7 Å². The third kappa shape index (κ3) is 2.64. The first-order valence-electron chi connectivity index (χ1n) is 8.48. The summed E-state index contributed by atoms with van der Waals surface area (Å²) >= 11 is 6.27. The first-order valence-corrected chi connectivity index (χ1v) is 8.86. The number of hydrogen-bond acceptors (Lipinski definition) is 2. The number of aromatic amines is 1. The Morgan fingerprint density at radius 1 is 1.30 bits per heavy atom. The molecule has 0 saturated carbocycles. The number of amides is 1. The summed E-state index contributed by atoms with van der Waals surface area (Å²) in [6.07, 6.45) is 8.04. The second-order valence-electron chi connectivity index (χ2n) is 6.82. The maximum Gasteiger partial charge on any atom is 0.252 e. The van der Waals surface area contributed by atoms with Crippen LogP contribution in [0.1, 0.15) is 42.5 Å². The topological polar surface area (TPSA) is 48.1 Å². The molecule has 2 fully saturated rings. The Bertz CT molecular complexity index is 729. The number of nitrogens with zero attached hydrogens (tertiary/aromatic N) is 1. The zero-order valence-electron chi connectivity index (χ0n) is 13.2. The first kappa shape index (κ1) is 15.0. The Morgan fingerprint density at radius 3 is 2.87 bits per heavy atom. The van der Waals surface area contributed by atoms with Crippen LogP contribution < -0.4 is 5.32 Å². The molecule has 122 valence electrons. The molecule has 2 saturated heterocycles. The molecule has 0 bridgehead atoms.